The highest BCUT2D eigenvalue weighted by atomic mass is 16.5. The van der Waals surface area contributed by atoms with Crippen LogP contribution < -0.4 is 5.32 Å². The summed E-state index contributed by atoms with van der Waals surface area (Å²) in [4.78, 5) is 12.4. The average molecular weight is 438 g/mol. The van der Waals surface area contributed by atoms with E-state index in [0.29, 0.717) is 18.4 Å². The highest BCUT2D eigenvalue weighted by Crippen LogP contribution is 2.44. The third-order valence-electron chi connectivity index (χ3n) is 6.25. The summed E-state index contributed by atoms with van der Waals surface area (Å²) in [6.07, 6.45) is -0.438. The molecule has 1 amide bonds. The minimum absolute atomic E-state index is 0.0563. The van der Waals surface area contributed by atoms with E-state index in [9.17, 15) is 4.79 Å². The molecular formula is C30H31NO2. The topological polar surface area (TPSA) is 38.3 Å². The SMILES string of the molecule is CC(C)c1cccc(C(C)C)c1C#CCNC(=O)OCC1c2ccccc2-c2ccccc21. The molecule has 3 nitrogen and oxygen atoms in total. The van der Waals surface area contributed by atoms with Crippen LogP contribution in [0.5, 0.6) is 0 Å². The van der Waals surface area contributed by atoms with Crippen LogP contribution >= 0.6 is 0 Å². The van der Waals surface area contributed by atoms with Gasteiger partial charge in [0.05, 0.1) is 6.54 Å². The molecule has 1 N–H and O–H groups in total. The maximum Gasteiger partial charge on any atom is 0.407 e. The molecule has 1 aliphatic carbocycles. The Kier molecular flexibility index (Phi) is 6.84. The van der Waals surface area contributed by atoms with Crippen LogP contribution in [0.15, 0.2) is 66.7 Å². The van der Waals surface area contributed by atoms with Crippen molar-refractivity contribution >= 4 is 6.09 Å². The molecule has 0 radical (unpaired) electrons. The molecule has 168 valence electrons. The van der Waals surface area contributed by atoms with E-state index in [-0.39, 0.29) is 12.5 Å². The van der Waals surface area contributed by atoms with Gasteiger partial charge in [0.25, 0.3) is 0 Å². The Morgan fingerprint density at radius 1 is 0.848 bits per heavy atom. The Bertz CT molecular complexity index is 1140. The number of hydrogen-bond acceptors (Lipinski definition) is 2. The maximum atomic E-state index is 12.4. The molecule has 4 rings (SSSR count). The molecule has 0 atom stereocenters. The van der Waals surface area contributed by atoms with E-state index < -0.39 is 6.09 Å². The molecule has 0 aliphatic heterocycles. The number of carbonyl (C=O) groups excluding carboxylic acids is 1. The number of nitrogens with one attached hydrogen (secondary N) is 1. The Balaban J connectivity index is 1.40. The van der Waals surface area contributed by atoms with Gasteiger partial charge in [-0.1, -0.05) is 106 Å². The number of amides is 1. The lowest BCUT2D eigenvalue weighted by Gasteiger charge is -2.15. The van der Waals surface area contributed by atoms with E-state index in [1.54, 1.807) is 0 Å². The molecule has 33 heavy (non-hydrogen) atoms. The van der Waals surface area contributed by atoms with Gasteiger partial charge in [-0.2, -0.15) is 0 Å². The number of carbonyl (C=O) groups is 1. The first kappa shape index (κ1) is 22.7. The lowest BCUT2D eigenvalue weighted by atomic mass is 9.89. The first-order valence-electron chi connectivity index (χ1n) is 11.7. The van der Waals surface area contributed by atoms with Gasteiger partial charge in [0, 0.05) is 11.5 Å². The Morgan fingerprint density at radius 3 is 1.94 bits per heavy atom. The van der Waals surface area contributed by atoms with Crippen LogP contribution in [0, 0.1) is 11.8 Å². The van der Waals surface area contributed by atoms with Crippen LogP contribution in [-0.4, -0.2) is 19.2 Å². The summed E-state index contributed by atoms with van der Waals surface area (Å²) in [6, 6.07) is 23.0. The van der Waals surface area contributed by atoms with E-state index in [4.69, 9.17) is 4.74 Å². The predicted molar refractivity (Wildman–Crippen MR) is 135 cm³/mol. The molecule has 0 fully saturated rings. The molecule has 0 spiro atoms. The summed E-state index contributed by atoms with van der Waals surface area (Å²) >= 11 is 0. The van der Waals surface area contributed by atoms with Gasteiger partial charge in [-0.25, -0.2) is 4.79 Å². The van der Waals surface area contributed by atoms with Crippen molar-refractivity contribution in [3.05, 3.63) is 94.5 Å². The van der Waals surface area contributed by atoms with Crippen LogP contribution in [0.1, 0.15) is 73.3 Å². The molecule has 3 aromatic carbocycles. The first-order valence-corrected chi connectivity index (χ1v) is 11.7. The molecule has 0 heterocycles. The summed E-state index contributed by atoms with van der Waals surface area (Å²) < 4.78 is 5.60. The molecule has 3 heteroatoms. The monoisotopic (exact) mass is 437 g/mol. The van der Waals surface area contributed by atoms with Gasteiger partial charge in [0.1, 0.15) is 6.61 Å². The number of hydrogen-bond donors (Lipinski definition) is 1. The third-order valence-corrected chi connectivity index (χ3v) is 6.25. The number of alkyl carbamates (subject to hydrolysis) is 1. The van der Waals surface area contributed by atoms with Crippen molar-refractivity contribution in [1.29, 1.82) is 0 Å². The average Bonchev–Trinajstić information content (AvgIpc) is 3.14. The molecule has 1 aliphatic rings. The van der Waals surface area contributed by atoms with Gasteiger partial charge in [0.15, 0.2) is 0 Å². The highest BCUT2D eigenvalue weighted by molar-refractivity contribution is 5.79. The normalized spacial score (nSPS) is 12.2. The second-order valence-electron chi connectivity index (χ2n) is 9.10. The molecule has 0 unspecified atom stereocenters. The number of rotatable bonds is 5. The van der Waals surface area contributed by atoms with Crippen molar-refractivity contribution in [1.82, 2.24) is 5.32 Å². The van der Waals surface area contributed by atoms with Crippen LogP contribution in [0.4, 0.5) is 4.79 Å². The first-order chi connectivity index (χ1) is 16.0. The Labute approximate surface area is 197 Å². The van der Waals surface area contributed by atoms with Crippen LogP contribution in [-0.2, 0) is 4.74 Å². The lowest BCUT2D eigenvalue weighted by Crippen LogP contribution is -2.26. The van der Waals surface area contributed by atoms with Gasteiger partial charge < -0.3 is 10.1 Å². The van der Waals surface area contributed by atoms with Crippen LogP contribution in [0.25, 0.3) is 11.1 Å². The second kappa shape index (κ2) is 9.96. The van der Waals surface area contributed by atoms with Crippen molar-refractivity contribution in [2.45, 2.75) is 45.4 Å². The van der Waals surface area contributed by atoms with Crippen LogP contribution in [0.3, 0.4) is 0 Å². The van der Waals surface area contributed by atoms with Gasteiger partial charge in [-0.05, 0) is 45.2 Å². The lowest BCUT2D eigenvalue weighted by molar-refractivity contribution is 0.144. The fourth-order valence-electron chi connectivity index (χ4n) is 4.59. The predicted octanol–water partition coefficient (Wildman–Crippen LogP) is 6.82. The summed E-state index contributed by atoms with van der Waals surface area (Å²) in [6.45, 7) is 9.28. The quantitative estimate of drug-likeness (QED) is 0.445. The molecule has 0 saturated heterocycles. The molecule has 3 aromatic rings. The van der Waals surface area contributed by atoms with Gasteiger partial charge in [-0.3, -0.25) is 0 Å². The van der Waals surface area contributed by atoms with E-state index >= 15 is 0 Å². The van der Waals surface area contributed by atoms with Gasteiger partial charge in [0.2, 0.25) is 0 Å². The fraction of sp³-hybridized carbons (Fsp3) is 0.300. The summed E-state index contributed by atoms with van der Waals surface area (Å²) in [5.74, 6) is 7.26. The Hall–Kier alpha value is -3.51. The third kappa shape index (κ3) is 4.81. The standard InChI is InChI=1S/C30H31NO2/c1-20(2)22-15-9-16-23(21(3)4)24(22)17-10-18-31-30(32)33-19-29-27-13-7-5-11-25(27)26-12-6-8-14-28(26)29/h5-9,11-16,20-21,29H,18-19H2,1-4H3,(H,31,32). The minimum atomic E-state index is -0.438. The zero-order valence-corrected chi connectivity index (χ0v) is 19.8. The minimum Gasteiger partial charge on any atom is -0.449 e. The summed E-state index contributed by atoms with van der Waals surface area (Å²) in [5.41, 5.74) is 8.42. The molecule has 0 saturated carbocycles. The van der Waals surface area contributed by atoms with Gasteiger partial charge in [-0.15, -0.1) is 0 Å². The van der Waals surface area contributed by atoms with E-state index in [1.165, 1.54) is 33.4 Å². The highest BCUT2D eigenvalue weighted by Gasteiger charge is 2.28. The molecule has 0 aromatic heterocycles. The molecule has 0 bridgehead atoms. The maximum absolute atomic E-state index is 12.4. The van der Waals surface area contributed by atoms with Crippen molar-refractivity contribution in [2.24, 2.45) is 0 Å². The number of fused-ring (bicyclic) bond motifs is 3. The van der Waals surface area contributed by atoms with Crippen LogP contribution in [0.2, 0.25) is 0 Å². The van der Waals surface area contributed by atoms with Crippen molar-refractivity contribution in [3.8, 4) is 23.0 Å². The Morgan fingerprint density at radius 2 is 1.39 bits per heavy atom. The largest absolute Gasteiger partial charge is 0.449 e. The number of ether oxygens (including phenoxy) is 1. The van der Waals surface area contributed by atoms with Crippen molar-refractivity contribution < 1.29 is 9.53 Å². The number of benzene rings is 3. The van der Waals surface area contributed by atoms with Crippen molar-refractivity contribution in [2.75, 3.05) is 13.2 Å². The van der Waals surface area contributed by atoms with Crippen molar-refractivity contribution in [3.63, 3.8) is 0 Å². The summed E-state index contributed by atoms with van der Waals surface area (Å²) in [7, 11) is 0. The van der Waals surface area contributed by atoms with E-state index in [2.05, 4.69) is 87.3 Å². The molecular weight excluding hydrogens is 406 g/mol. The fourth-order valence-corrected chi connectivity index (χ4v) is 4.59. The smallest absolute Gasteiger partial charge is 0.407 e. The van der Waals surface area contributed by atoms with E-state index in [0.717, 1.165) is 5.56 Å². The summed E-state index contributed by atoms with van der Waals surface area (Å²) in [5, 5.41) is 2.79. The zero-order chi connectivity index (χ0) is 23.4. The zero-order valence-electron chi connectivity index (χ0n) is 19.8. The second-order valence-corrected chi connectivity index (χ2v) is 9.10. The van der Waals surface area contributed by atoms with Gasteiger partial charge >= 0.3 is 6.09 Å². The van der Waals surface area contributed by atoms with E-state index in [1.807, 2.05) is 24.3 Å².